The molecule has 0 saturated carbocycles. The summed E-state index contributed by atoms with van der Waals surface area (Å²) in [6.45, 7) is 13.1. The van der Waals surface area contributed by atoms with Crippen LogP contribution >= 0.6 is 11.8 Å². The third-order valence-corrected chi connectivity index (χ3v) is 3.57. The largest absolute Gasteiger partial charge is 0.540 e. The maximum Gasteiger partial charge on any atom is 0.242 e. The van der Waals surface area contributed by atoms with E-state index in [0.29, 0.717) is 0 Å². The first-order valence-corrected chi connectivity index (χ1v) is 9.25. The second-order valence-electron chi connectivity index (χ2n) is 4.35. The predicted molar refractivity (Wildman–Crippen MR) is 65.6 cm³/mol. The highest BCUT2D eigenvalue weighted by atomic mass is 32.2. The smallest absolute Gasteiger partial charge is 0.242 e. The fourth-order valence-electron chi connectivity index (χ4n) is 0.749. The van der Waals surface area contributed by atoms with Crippen molar-refractivity contribution < 1.29 is 4.43 Å². The standard InChI is InChI=1S/C10H22OSSi/c1-7-8-12-10(9(2)3)11-13(4,5)6/h7-8H2,1-6H3. The minimum absolute atomic E-state index is 1.15. The van der Waals surface area contributed by atoms with Crippen LogP contribution in [0.5, 0.6) is 0 Å². The van der Waals surface area contributed by atoms with Crippen LogP contribution in [0.4, 0.5) is 0 Å². The molecule has 0 aromatic carbocycles. The van der Waals surface area contributed by atoms with Gasteiger partial charge in [0.2, 0.25) is 8.32 Å². The highest BCUT2D eigenvalue weighted by Crippen LogP contribution is 2.25. The molecule has 0 spiro atoms. The number of allylic oxidation sites excluding steroid dienone is 1. The Kier molecular flexibility index (Phi) is 5.80. The van der Waals surface area contributed by atoms with Crippen LogP contribution in [0.1, 0.15) is 27.2 Å². The Labute approximate surface area is 88.1 Å². The third kappa shape index (κ3) is 7.20. The third-order valence-electron chi connectivity index (χ3n) is 1.24. The van der Waals surface area contributed by atoms with Gasteiger partial charge in [-0.15, -0.1) is 0 Å². The van der Waals surface area contributed by atoms with Gasteiger partial charge in [-0.1, -0.05) is 18.7 Å². The molecule has 0 atom stereocenters. The van der Waals surface area contributed by atoms with Crippen molar-refractivity contribution in [3.05, 3.63) is 10.7 Å². The average molecular weight is 218 g/mol. The quantitative estimate of drug-likeness (QED) is 0.504. The summed E-state index contributed by atoms with van der Waals surface area (Å²) in [5.41, 5.74) is 1.31. The summed E-state index contributed by atoms with van der Waals surface area (Å²) in [5.74, 6) is 1.16. The van der Waals surface area contributed by atoms with E-state index in [1.165, 1.54) is 12.0 Å². The molecule has 0 aliphatic carbocycles. The molecule has 0 aromatic rings. The second-order valence-corrected chi connectivity index (χ2v) is 9.85. The van der Waals surface area contributed by atoms with E-state index < -0.39 is 8.32 Å². The molecule has 13 heavy (non-hydrogen) atoms. The monoisotopic (exact) mass is 218 g/mol. The van der Waals surface area contributed by atoms with Gasteiger partial charge in [-0.05, 0) is 45.5 Å². The highest BCUT2D eigenvalue weighted by Gasteiger charge is 2.18. The minimum Gasteiger partial charge on any atom is -0.540 e. The Bertz CT molecular complexity index is 178. The summed E-state index contributed by atoms with van der Waals surface area (Å²) in [5, 5.41) is 1.15. The van der Waals surface area contributed by atoms with Crippen LogP contribution in [0, 0.1) is 0 Å². The summed E-state index contributed by atoms with van der Waals surface area (Å²) in [7, 11) is -1.41. The van der Waals surface area contributed by atoms with Gasteiger partial charge in [0.1, 0.15) is 5.09 Å². The maximum absolute atomic E-state index is 5.98. The Morgan fingerprint density at radius 2 is 1.77 bits per heavy atom. The van der Waals surface area contributed by atoms with E-state index in [1.54, 1.807) is 0 Å². The topological polar surface area (TPSA) is 9.23 Å². The number of hydrogen-bond donors (Lipinski definition) is 0. The van der Waals surface area contributed by atoms with Gasteiger partial charge in [0.25, 0.3) is 0 Å². The van der Waals surface area contributed by atoms with Gasteiger partial charge in [0.05, 0.1) is 0 Å². The molecule has 0 N–H and O–H groups in total. The van der Waals surface area contributed by atoms with E-state index in [-0.39, 0.29) is 0 Å². The fraction of sp³-hybridized carbons (Fsp3) is 0.800. The van der Waals surface area contributed by atoms with Gasteiger partial charge in [-0.3, -0.25) is 0 Å². The normalized spacial score (nSPS) is 11.2. The molecule has 0 rings (SSSR count). The first-order chi connectivity index (χ1) is 5.87. The summed E-state index contributed by atoms with van der Waals surface area (Å²) >= 11 is 1.85. The van der Waals surface area contributed by atoms with Crippen LogP contribution in [-0.2, 0) is 4.43 Å². The zero-order chi connectivity index (χ0) is 10.5. The van der Waals surface area contributed by atoms with E-state index >= 15 is 0 Å². The van der Waals surface area contributed by atoms with Crippen LogP contribution in [0.15, 0.2) is 10.7 Å². The lowest BCUT2D eigenvalue weighted by Gasteiger charge is -2.22. The van der Waals surface area contributed by atoms with E-state index in [9.17, 15) is 0 Å². The van der Waals surface area contributed by atoms with E-state index in [4.69, 9.17) is 4.43 Å². The molecule has 0 amide bonds. The first kappa shape index (κ1) is 13.1. The van der Waals surface area contributed by atoms with Gasteiger partial charge in [-0.2, -0.15) is 0 Å². The van der Waals surface area contributed by atoms with Crippen LogP contribution < -0.4 is 0 Å². The lowest BCUT2D eigenvalue weighted by molar-refractivity contribution is 0.457. The Morgan fingerprint density at radius 3 is 2.08 bits per heavy atom. The number of hydrogen-bond acceptors (Lipinski definition) is 2. The lowest BCUT2D eigenvalue weighted by atomic mass is 10.4. The summed E-state index contributed by atoms with van der Waals surface area (Å²) < 4.78 is 5.98. The van der Waals surface area contributed by atoms with Gasteiger partial charge < -0.3 is 4.43 Å². The molecule has 0 aromatic heterocycles. The van der Waals surface area contributed by atoms with Gasteiger partial charge in [-0.25, -0.2) is 0 Å². The molecule has 0 heterocycles. The number of thioether (sulfide) groups is 1. The molecular formula is C10H22OSSi. The SMILES string of the molecule is CCCSC(O[Si](C)(C)C)=C(C)C. The van der Waals surface area contributed by atoms with Gasteiger partial charge >= 0.3 is 0 Å². The molecular weight excluding hydrogens is 196 g/mol. The minimum atomic E-state index is -1.41. The van der Waals surface area contributed by atoms with Crippen molar-refractivity contribution >= 4 is 20.1 Å². The zero-order valence-electron chi connectivity index (χ0n) is 9.73. The molecule has 0 aliphatic rings. The molecule has 0 fully saturated rings. The molecule has 78 valence electrons. The lowest BCUT2D eigenvalue weighted by Crippen LogP contribution is -2.24. The van der Waals surface area contributed by atoms with Crippen molar-refractivity contribution in [1.82, 2.24) is 0 Å². The maximum atomic E-state index is 5.98. The van der Waals surface area contributed by atoms with Crippen LogP contribution in [0.3, 0.4) is 0 Å². The van der Waals surface area contributed by atoms with Gasteiger partial charge in [0, 0.05) is 5.75 Å². The molecule has 0 unspecified atom stereocenters. The van der Waals surface area contributed by atoms with Crippen LogP contribution in [0.25, 0.3) is 0 Å². The summed E-state index contributed by atoms with van der Waals surface area (Å²) in [6.07, 6.45) is 1.20. The Morgan fingerprint density at radius 1 is 1.23 bits per heavy atom. The predicted octanol–water partition coefficient (Wildman–Crippen LogP) is 4.23. The molecule has 0 bridgehead atoms. The second kappa shape index (κ2) is 5.76. The van der Waals surface area contributed by atoms with Crippen molar-refractivity contribution in [3.8, 4) is 0 Å². The summed E-state index contributed by atoms with van der Waals surface area (Å²) in [6, 6.07) is 0. The highest BCUT2D eigenvalue weighted by molar-refractivity contribution is 8.02. The molecule has 0 aliphatic heterocycles. The molecule has 1 nitrogen and oxygen atoms in total. The van der Waals surface area contributed by atoms with Crippen molar-refractivity contribution in [2.24, 2.45) is 0 Å². The number of rotatable bonds is 5. The fourth-order valence-corrected chi connectivity index (χ4v) is 3.17. The van der Waals surface area contributed by atoms with E-state index in [1.807, 2.05) is 11.8 Å². The molecule has 0 radical (unpaired) electrons. The average Bonchev–Trinajstić information content (AvgIpc) is 1.95. The Hall–Kier alpha value is 0.107. The van der Waals surface area contributed by atoms with E-state index in [2.05, 4.69) is 40.4 Å². The van der Waals surface area contributed by atoms with Crippen molar-refractivity contribution in [2.75, 3.05) is 5.75 Å². The van der Waals surface area contributed by atoms with Crippen molar-refractivity contribution in [3.63, 3.8) is 0 Å². The Balaban J connectivity index is 4.22. The van der Waals surface area contributed by atoms with E-state index in [0.717, 1.165) is 10.8 Å². The molecule has 3 heteroatoms. The first-order valence-electron chi connectivity index (χ1n) is 4.86. The summed E-state index contributed by atoms with van der Waals surface area (Å²) in [4.78, 5) is 0. The zero-order valence-corrected chi connectivity index (χ0v) is 11.5. The van der Waals surface area contributed by atoms with Crippen molar-refractivity contribution in [1.29, 1.82) is 0 Å². The van der Waals surface area contributed by atoms with Crippen molar-refractivity contribution in [2.45, 2.75) is 46.8 Å². The van der Waals surface area contributed by atoms with Crippen LogP contribution in [-0.4, -0.2) is 14.1 Å². The van der Waals surface area contributed by atoms with Crippen LogP contribution in [0.2, 0.25) is 19.6 Å². The van der Waals surface area contributed by atoms with Gasteiger partial charge in [0.15, 0.2) is 0 Å². The molecule has 0 saturated heterocycles.